The molecule has 0 aliphatic carbocycles. The molecule has 5 nitrogen and oxygen atoms in total. The Bertz CT molecular complexity index is 553. The molecule has 108 valence electrons. The molecular formula is C13H14F2N2O3. The van der Waals surface area contributed by atoms with Gasteiger partial charge >= 0.3 is 5.69 Å². The van der Waals surface area contributed by atoms with E-state index < -0.39 is 27.7 Å². The third-order valence-electron chi connectivity index (χ3n) is 2.70. The van der Waals surface area contributed by atoms with Crippen LogP contribution in [0.15, 0.2) is 12.1 Å². The van der Waals surface area contributed by atoms with Crippen molar-refractivity contribution in [2.24, 2.45) is 5.41 Å². The lowest BCUT2D eigenvalue weighted by molar-refractivity contribution is -0.387. The first-order valence-electron chi connectivity index (χ1n) is 5.94. The van der Waals surface area contributed by atoms with E-state index in [-0.39, 0.29) is 12.4 Å². The topological polar surface area (TPSA) is 76.2 Å². The zero-order valence-electron chi connectivity index (χ0n) is 11.2. The second kappa shape index (κ2) is 6.28. The fraction of sp³-hybridized carbons (Fsp3) is 0.462. The molecule has 0 fully saturated rings. The summed E-state index contributed by atoms with van der Waals surface area (Å²) in [5.74, 6) is -2.51. The van der Waals surface area contributed by atoms with Gasteiger partial charge in [-0.05, 0) is 26.7 Å². The highest BCUT2D eigenvalue weighted by Gasteiger charge is 2.20. The van der Waals surface area contributed by atoms with E-state index in [4.69, 9.17) is 10.00 Å². The number of rotatable bonds is 6. The van der Waals surface area contributed by atoms with Gasteiger partial charge in [0.15, 0.2) is 11.6 Å². The summed E-state index contributed by atoms with van der Waals surface area (Å²) in [5.41, 5.74) is -1.44. The van der Waals surface area contributed by atoms with Gasteiger partial charge in [-0.1, -0.05) is 0 Å². The maximum absolute atomic E-state index is 13.5. The van der Waals surface area contributed by atoms with Crippen LogP contribution in [0.5, 0.6) is 5.75 Å². The summed E-state index contributed by atoms with van der Waals surface area (Å²) in [6, 6.07) is 3.26. The van der Waals surface area contributed by atoms with Gasteiger partial charge in [0, 0.05) is 6.07 Å². The van der Waals surface area contributed by atoms with Crippen LogP contribution < -0.4 is 4.74 Å². The van der Waals surface area contributed by atoms with Crippen molar-refractivity contribution in [1.29, 1.82) is 5.26 Å². The highest BCUT2D eigenvalue weighted by Crippen LogP contribution is 2.27. The normalized spacial score (nSPS) is 10.9. The summed E-state index contributed by atoms with van der Waals surface area (Å²) >= 11 is 0. The van der Waals surface area contributed by atoms with Crippen molar-refractivity contribution in [3.05, 3.63) is 33.9 Å². The number of nitrogens with zero attached hydrogens (tertiary/aromatic N) is 2. The molecule has 0 unspecified atom stereocenters. The lowest BCUT2D eigenvalue weighted by atomic mass is 9.90. The first-order valence-corrected chi connectivity index (χ1v) is 5.94. The Kier molecular flexibility index (Phi) is 4.97. The third-order valence-corrected chi connectivity index (χ3v) is 2.70. The number of nitro groups is 1. The van der Waals surface area contributed by atoms with Crippen molar-refractivity contribution in [2.75, 3.05) is 6.61 Å². The number of nitriles is 1. The minimum Gasteiger partial charge on any atom is -0.490 e. The van der Waals surface area contributed by atoms with Crippen LogP contribution in [0.1, 0.15) is 26.7 Å². The van der Waals surface area contributed by atoms with Crippen molar-refractivity contribution in [3.63, 3.8) is 0 Å². The van der Waals surface area contributed by atoms with E-state index in [1.165, 1.54) is 0 Å². The summed E-state index contributed by atoms with van der Waals surface area (Å²) in [4.78, 5) is 9.41. The van der Waals surface area contributed by atoms with Crippen LogP contribution in [0.2, 0.25) is 0 Å². The maximum atomic E-state index is 13.5. The zero-order valence-corrected chi connectivity index (χ0v) is 11.2. The quantitative estimate of drug-likeness (QED) is 0.454. The van der Waals surface area contributed by atoms with Gasteiger partial charge in [0.2, 0.25) is 5.82 Å². The predicted octanol–water partition coefficient (Wildman–Crippen LogP) is 3.58. The monoisotopic (exact) mass is 284 g/mol. The zero-order chi connectivity index (χ0) is 15.3. The van der Waals surface area contributed by atoms with Gasteiger partial charge in [-0.2, -0.15) is 9.65 Å². The van der Waals surface area contributed by atoms with E-state index in [0.717, 1.165) is 0 Å². The Morgan fingerprint density at radius 3 is 2.60 bits per heavy atom. The second-order valence-electron chi connectivity index (χ2n) is 4.94. The molecule has 1 aromatic carbocycles. The summed E-state index contributed by atoms with van der Waals surface area (Å²) in [5, 5.41) is 19.2. The van der Waals surface area contributed by atoms with Gasteiger partial charge < -0.3 is 4.74 Å². The van der Waals surface area contributed by atoms with Crippen LogP contribution in [0, 0.1) is 38.5 Å². The van der Waals surface area contributed by atoms with Gasteiger partial charge in [-0.3, -0.25) is 10.1 Å². The van der Waals surface area contributed by atoms with Crippen molar-refractivity contribution in [2.45, 2.75) is 26.7 Å². The first-order chi connectivity index (χ1) is 9.26. The van der Waals surface area contributed by atoms with Crippen LogP contribution in [0.4, 0.5) is 14.5 Å². The minimum absolute atomic E-state index is 0.0965. The van der Waals surface area contributed by atoms with Crippen LogP contribution in [0.3, 0.4) is 0 Å². The SMILES string of the molecule is CC(C)(C#N)CCCOc1cc(F)c([N+](=O)[O-])cc1F. The van der Waals surface area contributed by atoms with Crippen molar-refractivity contribution < 1.29 is 18.4 Å². The molecule has 1 aromatic rings. The molecule has 0 aliphatic rings. The average Bonchev–Trinajstić information content (AvgIpc) is 2.37. The Morgan fingerprint density at radius 2 is 2.05 bits per heavy atom. The van der Waals surface area contributed by atoms with E-state index >= 15 is 0 Å². The first kappa shape index (κ1) is 15.8. The number of hydrogen-bond donors (Lipinski definition) is 0. The Labute approximate surface area is 114 Å². The fourth-order valence-corrected chi connectivity index (χ4v) is 1.52. The van der Waals surface area contributed by atoms with E-state index in [9.17, 15) is 18.9 Å². The Balaban J connectivity index is 2.64. The number of ether oxygens (including phenoxy) is 1. The molecule has 0 N–H and O–H groups in total. The number of nitro benzene ring substituents is 1. The van der Waals surface area contributed by atoms with Crippen LogP contribution in [-0.4, -0.2) is 11.5 Å². The largest absolute Gasteiger partial charge is 0.490 e. The molecule has 20 heavy (non-hydrogen) atoms. The standard InChI is InChI=1S/C13H14F2N2O3/c1-13(2,8-16)4-3-5-20-12-7-9(14)11(17(18)19)6-10(12)15/h6-7H,3-5H2,1-2H3. The van der Waals surface area contributed by atoms with Crippen LogP contribution in [-0.2, 0) is 0 Å². The van der Waals surface area contributed by atoms with Crippen molar-refractivity contribution >= 4 is 5.69 Å². The van der Waals surface area contributed by atoms with Crippen molar-refractivity contribution in [3.8, 4) is 11.8 Å². The number of benzene rings is 1. The maximum Gasteiger partial charge on any atom is 0.307 e. The molecule has 0 aromatic heterocycles. The molecule has 0 heterocycles. The summed E-state index contributed by atoms with van der Waals surface area (Å²) in [7, 11) is 0. The van der Waals surface area contributed by atoms with E-state index in [1.54, 1.807) is 13.8 Å². The van der Waals surface area contributed by atoms with Crippen molar-refractivity contribution in [1.82, 2.24) is 0 Å². The summed E-state index contributed by atoms with van der Waals surface area (Å²) in [6.45, 7) is 3.62. The summed E-state index contributed by atoms with van der Waals surface area (Å²) < 4.78 is 31.8. The lowest BCUT2D eigenvalue weighted by Gasteiger charge is -2.14. The molecular weight excluding hydrogens is 270 g/mol. The van der Waals surface area contributed by atoms with Gasteiger partial charge in [-0.25, -0.2) is 4.39 Å². The molecule has 1 rings (SSSR count). The van der Waals surface area contributed by atoms with Gasteiger partial charge in [0.1, 0.15) is 0 Å². The molecule has 0 bridgehead atoms. The van der Waals surface area contributed by atoms with Gasteiger partial charge in [0.05, 0.1) is 29.1 Å². The molecule has 0 amide bonds. The van der Waals surface area contributed by atoms with Crippen LogP contribution in [0.25, 0.3) is 0 Å². The van der Waals surface area contributed by atoms with E-state index in [2.05, 4.69) is 6.07 Å². The minimum atomic E-state index is -1.15. The molecule has 0 radical (unpaired) electrons. The van der Waals surface area contributed by atoms with Crippen LogP contribution >= 0.6 is 0 Å². The number of halogens is 2. The fourth-order valence-electron chi connectivity index (χ4n) is 1.52. The third kappa shape index (κ3) is 4.16. The molecule has 0 spiro atoms. The van der Waals surface area contributed by atoms with Gasteiger partial charge in [0.25, 0.3) is 0 Å². The second-order valence-corrected chi connectivity index (χ2v) is 4.94. The molecule has 0 saturated heterocycles. The highest BCUT2D eigenvalue weighted by atomic mass is 19.1. The molecule has 0 aliphatic heterocycles. The van der Waals surface area contributed by atoms with E-state index in [1.807, 2.05) is 0 Å². The number of hydrogen-bond acceptors (Lipinski definition) is 4. The highest BCUT2D eigenvalue weighted by molar-refractivity contribution is 5.39. The summed E-state index contributed by atoms with van der Waals surface area (Å²) in [6.07, 6.45) is 1.03. The van der Waals surface area contributed by atoms with E-state index in [0.29, 0.717) is 25.0 Å². The van der Waals surface area contributed by atoms with Gasteiger partial charge in [-0.15, -0.1) is 0 Å². The molecule has 0 atom stereocenters. The lowest BCUT2D eigenvalue weighted by Crippen LogP contribution is -2.10. The molecule has 7 heteroatoms. The average molecular weight is 284 g/mol. The molecule has 0 saturated carbocycles. The Morgan fingerprint density at radius 1 is 1.40 bits per heavy atom. The predicted molar refractivity (Wildman–Crippen MR) is 67.1 cm³/mol. The smallest absolute Gasteiger partial charge is 0.307 e. The Hall–Kier alpha value is -2.23.